The molecule has 3 heterocycles. The van der Waals surface area contributed by atoms with Gasteiger partial charge in [-0.05, 0) is 64.2 Å². The maximum atomic E-state index is 4.95. The van der Waals surface area contributed by atoms with Gasteiger partial charge in [0.2, 0.25) is 0 Å². The molecule has 0 unspecified atom stereocenters. The molecule has 0 spiro atoms. The molecule has 0 N–H and O–H groups in total. The summed E-state index contributed by atoms with van der Waals surface area (Å²) in [6.45, 7) is 14.9. The first-order valence-corrected chi connectivity index (χ1v) is 10.0. The molecule has 0 aliphatic rings. The SMILES string of the molecule is Cc1cc(C)c2c(c1)c1c(-n3nc(C)cc3C)c(C)c[c-]c1c1nc(C)c(C)n12.[Ir]. The first-order valence-electron chi connectivity index (χ1n) is 10.0. The summed E-state index contributed by atoms with van der Waals surface area (Å²) in [5.41, 5.74) is 11.4. The van der Waals surface area contributed by atoms with Crippen molar-refractivity contribution in [3.63, 3.8) is 0 Å². The third-order valence-electron chi connectivity index (χ3n) is 6.02. The monoisotopic (exact) mass is 574 g/mol. The van der Waals surface area contributed by atoms with Crippen molar-refractivity contribution in [1.29, 1.82) is 0 Å². The van der Waals surface area contributed by atoms with Gasteiger partial charge in [-0.25, -0.2) is 0 Å². The molecule has 5 heteroatoms. The number of nitrogens with zero attached hydrogens (tertiary/aromatic N) is 4. The van der Waals surface area contributed by atoms with Gasteiger partial charge in [0.15, 0.2) is 0 Å². The Balaban J connectivity index is 0.00000218. The number of benzene rings is 2. The number of imidazole rings is 1. The van der Waals surface area contributed by atoms with Crippen LogP contribution in [0.2, 0.25) is 0 Å². The van der Waals surface area contributed by atoms with E-state index in [1.165, 1.54) is 33.1 Å². The van der Waals surface area contributed by atoms with E-state index >= 15 is 0 Å². The number of aryl methyl sites for hydroxylation is 7. The van der Waals surface area contributed by atoms with Crippen LogP contribution in [0.4, 0.5) is 0 Å². The third-order valence-corrected chi connectivity index (χ3v) is 6.02. The van der Waals surface area contributed by atoms with Crippen molar-refractivity contribution in [1.82, 2.24) is 19.2 Å². The minimum absolute atomic E-state index is 0. The van der Waals surface area contributed by atoms with Crippen molar-refractivity contribution in [2.45, 2.75) is 48.5 Å². The molecule has 0 aliphatic carbocycles. The van der Waals surface area contributed by atoms with Crippen molar-refractivity contribution in [3.05, 3.63) is 69.8 Å². The van der Waals surface area contributed by atoms with Crippen LogP contribution < -0.4 is 0 Å². The maximum absolute atomic E-state index is 4.95. The maximum Gasteiger partial charge on any atom is 0.0614 e. The quantitative estimate of drug-likeness (QED) is 0.188. The van der Waals surface area contributed by atoms with Crippen LogP contribution in [0.3, 0.4) is 0 Å². The van der Waals surface area contributed by atoms with E-state index in [4.69, 9.17) is 10.1 Å². The van der Waals surface area contributed by atoms with Crippen molar-refractivity contribution in [2.24, 2.45) is 0 Å². The third kappa shape index (κ3) is 2.76. The summed E-state index contributed by atoms with van der Waals surface area (Å²) in [6, 6.07) is 12.3. The standard InChI is InChI=1S/C25H25N4.Ir/c1-13-10-15(3)23-21(11-13)22-20(25-26-18(6)19(7)28(23)25)9-8-14(2)24(22)29-17(5)12-16(4)27-29;/h8,10-12H,1-7H3;/q-1;. The second-order valence-corrected chi connectivity index (χ2v) is 8.33. The van der Waals surface area contributed by atoms with Gasteiger partial charge in [0.1, 0.15) is 0 Å². The molecule has 0 saturated heterocycles. The van der Waals surface area contributed by atoms with Gasteiger partial charge in [0, 0.05) is 42.7 Å². The zero-order valence-electron chi connectivity index (χ0n) is 18.4. The molecule has 0 saturated carbocycles. The second kappa shape index (κ2) is 7.04. The van der Waals surface area contributed by atoms with Crippen LogP contribution in [0.25, 0.3) is 33.0 Å². The molecule has 0 fully saturated rings. The van der Waals surface area contributed by atoms with E-state index in [1.807, 2.05) is 6.92 Å². The van der Waals surface area contributed by atoms with Gasteiger partial charge in [-0.1, -0.05) is 35.4 Å². The molecule has 0 atom stereocenters. The zero-order chi connectivity index (χ0) is 20.6. The Labute approximate surface area is 190 Å². The fourth-order valence-electron chi connectivity index (χ4n) is 4.70. The van der Waals surface area contributed by atoms with Crippen LogP contribution in [-0.2, 0) is 20.1 Å². The second-order valence-electron chi connectivity index (χ2n) is 8.33. The van der Waals surface area contributed by atoms with Crippen LogP contribution >= 0.6 is 0 Å². The molecule has 1 radical (unpaired) electrons. The molecular weight excluding hydrogens is 549 g/mol. The molecule has 30 heavy (non-hydrogen) atoms. The number of aromatic nitrogens is 4. The Hall–Kier alpha value is -2.49. The zero-order valence-corrected chi connectivity index (χ0v) is 20.8. The Morgan fingerprint density at radius 1 is 0.900 bits per heavy atom. The fraction of sp³-hybridized carbons (Fsp3) is 0.280. The predicted molar refractivity (Wildman–Crippen MR) is 119 cm³/mol. The van der Waals surface area contributed by atoms with Crippen LogP contribution in [-0.4, -0.2) is 19.2 Å². The van der Waals surface area contributed by atoms with E-state index in [0.717, 1.165) is 39.4 Å². The van der Waals surface area contributed by atoms with Crippen molar-refractivity contribution in [2.75, 3.05) is 0 Å². The summed E-state index contributed by atoms with van der Waals surface area (Å²) in [6.07, 6.45) is 0. The van der Waals surface area contributed by atoms with Crippen LogP contribution in [0.1, 0.15) is 39.5 Å². The van der Waals surface area contributed by atoms with Crippen molar-refractivity contribution in [3.8, 4) is 5.69 Å². The van der Waals surface area contributed by atoms with Crippen LogP contribution in [0, 0.1) is 54.5 Å². The number of fused-ring (bicyclic) bond motifs is 6. The number of pyridine rings is 1. The van der Waals surface area contributed by atoms with Gasteiger partial charge in [0.25, 0.3) is 0 Å². The summed E-state index contributed by atoms with van der Waals surface area (Å²) in [4.78, 5) is 4.95. The van der Waals surface area contributed by atoms with E-state index in [2.05, 4.69) is 81.0 Å². The largest absolute Gasteiger partial charge is 0.337 e. The van der Waals surface area contributed by atoms with Gasteiger partial charge in [-0.3, -0.25) is 9.67 Å². The molecule has 4 nitrogen and oxygen atoms in total. The van der Waals surface area contributed by atoms with E-state index in [-0.39, 0.29) is 20.1 Å². The summed E-state index contributed by atoms with van der Waals surface area (Å²) in [5, 5.41) is 8.28. The van der Waals surface area contributed by atoms with Crippen molar-refractivity contribution < 1.29 is 20.1 Å². The van der Waals surface area contributed by atoms with E-state index in [9.17, 15) is 0 Å². The molecule has 5 rings (SSSR count). The Kier molecular flexibility index (Phi) is 4.87. The van der Waals surface area contributed by atoms with Gasteiger partial charge in [-0.15, -0.1) is 17.7 Å². The molecule has 155 valence electrons. The Morgan fingerprint density at radius 3 is 2.30 bits per heavy atom. The number of rotatable bonds is 1. The normalized spacial score (nSPS) is 11.6. The van der Waals surface area contributed by atoms with E-state index < -0.39 is 0 Å². The van der Waals surface area contributed by atoms with Gasteiger partial charge >= 0.3 is 0 Å². The topological polar surface area (TPSA) is 35.1 Å². The summed E-state index contributed by atoms with van der Waals surface area (Å²) in [7, 11) is 0. The average Bonchev–Trinajstić information content (AvgIpc) is 3.13. The minimum atomic E-state index is 0. The first-order chi connectivity index (χ1) is 13.8. The summed E-state index contributed by atoms with van der Waals surface area (Å²) < 4.78 is 4.38. The summed E-state index contributed by atoms with van der Waals surface area (Å²) >= 11 is 0. The molecule has 2 aromatic carbocycles. The Morgan fingerprint density at radius 2 is 1.63 bits per heavy atom. The van der Waals surface area contributed by atoms with E-state index in [0.29, 0.717) is 0 Å². The van der Waals surface area contributed by atoms with E-state index in [1.54, 1.807) is 0 Å². The molecular formula is C25H25IrN4-. The molecule has 3 aromatic heterocycles. The molecule has 0 bridgehead atoms. The van der Waals surface area contributed by atoms with Crippen molar-refractivity contribution >= 4 is 27.3 Å². The molecule has 0 amide bonds. The Bertz CT molecular complexity index is 1470. The van der Waals surface area contributed by atoms with Gasteiger partial charge in [-0.2, -0.15) is 5.10 Å². The van der Waals surface area contributed by atoms with Crippen LogP contribution in [0.15, 0.2) is 24.3 Å². The predicted octanol–water partition coefficient (Wildman–Crippen LogP) is 5.78. The molecule has 5 aromatic rings. The number of hydrogen-bond acceptors (Lipinski definition) is 2. The number of hydrogen-bond donors (Lipinski definition) is 0. The van der Waals surface area contributed by atoms with Gasteiger partial charge < -0.3 is 4.40 Å². The molecule has 0 aliphatic heterocycles. The first kappa shape index (κ1) is 20.8. The smallest absolute Gasteiger partial charge is 0.0614 e. The van der Waals surface area contributed by atoms with Gasteiger partial charge in [0.05, 0.1) is 11.3 Å². The van der Waals surface area contributed by atoms with Crippen LogP contribution in [0.5, 0.6) is 0 Å². The average molecular weight is 574 g/mol. The fourth-order valence-corrected chi connectivity index (χ4v) is 4.70. The summed E-state index contributed by atoms with van der Waals surface area (Å²) in [5.74, 6) is 0. The minimum Gasteiger partial charge on any atom is -0.337 e.